The molecule has 46 heavy (non-hydrogen) atoms. The minimum absolute atomic E-state index is 0.862. The second kappa shape index (κ2) is 9.65. The minimum atomic E-state index is 0.862. The number of furan rings is 2. The van der Waals surface area contributed by atoms with Crippen molar-refractivity contribution in [2.45, 2.75) is 0 Å². The van der Waals surface area contributed by atoms with Crippen LogP contribution in [-0.4, -0.2) is 4.98 Å². The molecule has 3 nitrogen and oxygen atoms in total. The van der Waals surface area contributed by atoms with Gasteiger partial charge in [-0.1, -0.05) is 121 Å². The fraction of sp³-hybridized carbons (Fsp3) is 0. The van der Waals surface area contributed by atoms with Gasteiger partial charge in [-0.3, -0.25) is 0 Å². The summed E-state index contributed by atoms with van der Waals surface area (Å²) in [6.07, 6.45) is 0. The molecular formula is C43H25NO2. The van der Waals surface area contributed by atoms with Crippen LogP contribution in [0.2, 0.25) is 0 Å². The van der Waals surface area contributed by atoms with E-state index in [1.165, 1.54) is 10.9 Å². The van der Waals surface area contributed by atoms with Crippen molar-refractivity contribution in [3.63, 3.8) is 0 Å². The van der Waals surface area contributed by atoms with Crippen molar-refractivity contribution in [3.05, 3.63) is 152 Å². The Balaban J connectivity index is 1.26. The quantitative estimate of drug-likeness (QED) is 0.193. The SMILES string of the molecule is c1ccc(-c2c3c(cc4c(-c5ccc(-c6cccc7oc8ccccc8c67)cc5)nc5ccccc5c24)oc2ccccc23)cc1. The van der Waals surface area contributed by atoms with Crippen LogP contribution in [0, 0.1) is 0 Å². The highest BCUT2D eigenvalue weighted by Crippen LogP contribution is 2.46. The Hall–Kier alpha value is -6.19. The van der Waals surface area contributed by atoms with E-state index in [-0.39, 0.29) is 0 Å². The second-order valence-electron chi connectivity index (χ2n) is 11.8. The van der Waals surface area contributed by atoms with Crippen LogP contribution in [-0.2, 0) is 0 Å². The zero-order chi connectivity index (χ0) is 30.2. The van der Waals surface area contributed by atoms with E-state index in [0.29, 0.717) is 0 Å². The van der Waals surface area contributed by atoms with Crippen molar-refractivity contribution in [1.29, 1.82) is 0 Å². The lowest BCUT2D eigenvalue weighted by atomic mass is 9.89. The summed E-state index contributed by atoms with van der Waals surface area (Å²) < 4.78 is 12.7. The Labute approximate surface area is 264 Å². The number of aromatic nitrogens is 1. The molecule has 0 aliphatic rings. The van der Waals surface area contributed by atoms with Crippen molar-refractivity contribution in [3.8, 4) is 33.5 Å². The van der Waals surface area contributed by atoms with Gasteiger partial charge in [-0.2, -0.15) is 0 Å². The number of hydrogen-bond acceptors (Lipinski definition) is 3. The molecule has 0 aliphatic heterocycles. The second-order valence-corrected chi connectivity index (χ2v) is 11.8. The third-order valence-electron chi connectivity index (χ3n) is 9.26. The maximum absolute atomic E-state index is 6.53. The number of fused-ring (bicyclic) bond motifs is 9. The average Bonchev–Trinajstić information content (AvgIpc) is 3.69. The van der Waals surface area contributed by atoms with Crippen molar-refractivity contribution in [2.75, 3.05) is 0 Å². The molecule has 0 unspecified atom stereocenters. The van der Waals surface area contributed by atoms with E-state index in [2.05, 4.69) is 127 Å². The summed E-state index contributed by atoms with van der Waals surface area (Å²) in [5.41, 5.74) is 11.1. The lowest BCUT2D eigenvalue weighted by molar-refractivity contribution is 0.669. The van der Waals surface area contributed by atoms with E-state index in [1.54, 1.807) is 0 Å². The first kappa shape index (κ1) is 25.2. The van der Waals surface area contributed by atoms with Gasteiger partial charge >= 0.3 is 0 Å². The molecule has 0 aliphatic carbocycles. The summed E-state index contributed by atoms with van der Waals surface area (Å²) in [6.45, 7) is 0. The largest absolute Gasteiger partial charge is 0.456 e. The fourth-order valence-electron chi connectivity index (χ4n) is 7.25. The van der Waals surface area contributed by atoms with Gasteiger partial charge in [-0.15, -0.1) is 0 Å². The molecule has 214 valence electrons. The van der Waals surface area contributed by atoms with Gasteiger partial charge in [0.15, 0.2) is 0 Å². The van der Waals surface area contributed by atoms with Crippen molar-refractivity contribution < 1.29 is 8.83 Å². The third kappa shape index (κ3) is 3.63. The van der Waals surface area contributed by atoms with E-state index in [9.17, 15) is 0 Å². The first-order valence-corrected chi connectivity index (χ1v) is 15.5. The van der Waals surface area contributed by atoms with E-state index in [0.717, 1.165) is 88.1 Å². The van der Waals surface area contributed by atoms with E-state index >= 15 is 0 Å². The summed E-state index contributed by atoms with van der Waals surface area (Å²) in [5, 5.41) is 7.90. The summed E-state index contributed by atoms with van der Waals surface area (Å²) in [4.78, 5) is 5.30. The Morgan fingerprint density at radius 2 is 0.978 bits per heavy atom. The number of benzene rings is 7. The van der Waals surface area contributed by atoms with Gasteiger partial charge < -0.3 is 8.83 Å². The molecule has 10 aromatic rings. The first-order chi connectivity index (χ1) is 22.8. The molecule has 3 aromatic heterocycles. The van der Waals surface area contributed by atoms with Crippen molar-refractivity contribution >= 4 is 65.6 Å². The maximum atomic E-state index is 6.53. The zero-order valence-electron chi connectivity index (χ0n) is 24.7. The highest BCUT2D eigenvalue weighted by Gasteiger charge is 2.21. The molecule has 0 N–H and O–H groups in total. The van der Waals surface area contributed by atoms with Gasteiger partial charge in [0.1, 0.15) is 22.3 Å². The first-order valence-electron chi connectivity index (χ1n) is 15.5. The van der Waals surface area contributed by atoms with Crippen LogP contribution in [0.5, 0.6) is 0 Å². The Bertz CT molecular complexity index is 2790. The van der Waals surface area contributed by atoms with Crippen LogP contribution >= 0.6 is 0 Å². The molecular weight excluding hydrogens is 562 g/mol. The average molecular weight is 588 g/mol. The van der Waals surface area contributed by atoms with Gasteiger partial charge in [0.2, 0.25) is 0 Å². The lowest BCUT2D eigenvalue weighted by Crippen LogP contribution is -1.93. The lowest BCUT2D eigenvalue weighted by Gasteiger charge is -2.16. The van der Waals surface area contributed by atoms with Gasteiger partial charge in [0, 0.05) is 48.8 Å². The summed E-state index contributed by atoms with van der Waals surface area (Å²) in [6, 6.07) is 53.0. The Kier molecular flexibility index (Phi) is 5.28. The predicted octanol–water partition coefficient (Wildman–Crippen LogP) is 12.2. The number of para-hydroxylation sites is 3. The standard InChI is InChI=1S/C43H25NO2/c1-2-11-27(12-3-1)39-41-30-13-4-7-17-34(30)44-43(33(41)25-38-42(39)32-15-6-9-19-36(32)46-38)28-23-21-26(22-24-28)29-16-10-20-37-40(29)31-14-5-8-18-35(31)45-37/h1-25H. The molecule has 0 spiro atoms. The molecule has 3 heterocycles. The molecule has 0 saturated heterocycles. The van der Waals surface area contributed by atoms with Crippen LogP contribution in [0.25, 0.3) is 99.1 Å². The van der Waals surface area contributed by atoms with Crippen LogP contribution in [0.1, 0.15) is 0 Å². The fourth-order valence-corrected chi connectivity index (χ4v) is 7.25. The Morgan fingerprint density at radius 1 is 0.370 bits per heavy atom. The predicted molar refractivity (Wildman–Crippen MR) is 190 cm³/mol. The van der Waals surface area contributed by atoms with E-state index in [4.69, 9.17) is 13.8 Å². The summed E-state index contributed by atoms with van der Waals surface area (Å²) >= 11 is 0. The zero-order valence-corrected chi connectivity index (χ0v) is 24.7. The number of rotatable bonds is 3. The van der Waals surface area contributed by atoms with Crippen molar-refractivity contribution in [2.24, 2.45) is 0 Å². The molecule has 0 atom stereocenters. The van der Waals surface area contributed by atoms with Crippen LogP contribution in [0.3, 0.4) is 0 Å². The monoisotopic (exact) mass is 587 g/mol. The van der Waals surface area contributed by atoms with E-state index < -0.39 is 0 Å². The summed E-state index contributed by atoms with van der Waals surface area (Å²) in [5.74, 6) is 0. The normalized spacial score (nSPS) is 11.9. The third-order valence-corrected chi connectivity index (χ3v) is 9.26. The minimum Gasteiger partial charge on any atom is -0.456 e. The molecule has 0 saturated carbocycles. The number of pyridine rings is 1. The topological polar surface area (TPSA) is 39.2 Å². The number of nitrogens with zero attached hydrogens (tertiary/aromatic N) is 1. The Morgan fingerprint density at radius 3 is 1.76 bits per heavy atom. The van der Waals surface area contributed by atoms with Crippen LogP contribution in [0.4, 0.5) is 0 Å². The van der Waals surface area contributed by atoms with Gasteiger partial charge in [0.05, 0.1) is 11.2 Å². The van der Waals surface area contributed by atoms with Gasteiger partial charge in [-0.05, 0) is 47.0 Å². The molecule has 7 aromatic carbocycles. The summed E-state index contributed by atoms with van der Waals surface area (Å²) in [7, 11) is 0. The van der Waals surface area contributed by atoms with Crippen LogP contribution < -0.4 is 0 Å². The maximum Gasteiger partial charge on any atom is 0.136 e. The highest BCUT2D eigenvalue weighted by molar-refractivity contribution is 6.27. The highest BCUT2D eigenvalue weighted by atomic mass is 16.3. The molecule has 10 rings (SSSR count). The number of hydrogen-bond donors (Lipinski definition) is 0. The molecule has 0 radical (unpaired) electrons. The molecule has 0 bridgehead atoms. The van der Waals surface area contributed by atoms with E-state index in [1.807, 2.05) is 24.3 Å². The molecule has 0 fully saturated rings. The molecule has 0 amide bonds. The molecule has 3 heteroatoms. The van der Waals surface area contributed by atoms with Crippen molar-refractivity contribution in [1.82, 2.24) is 4.98 Å². The van der Waals surface area contributed by atoms with Gasteiger partial charge in [-0.25, -0.2) is 4.98 Å². The van der Waals surface area contributed by atoms with Gasteiger partial charge in [0.25, 0.3) is 0 Å². The smallest absolute Gasteiger partial charge is 0.136 e. The van der Waals surface area contributed by atoms with Crippen LogP contribution in [0.15, 0.2) is 160 Å².